The van der Waals surface area contributed by atoms with Crippen molar-refractivity contribution in [1.82, 2.24) is 4.98 Å². The van der Waals surface area contributed by atoms with Gasteiger partial charge in [0.2, 0.25) is 0 Å². The predicted molar refractivity (Wildman–Crippen MR) is 96.2 cm³/mol. The number of carbonyl (C=O) groups is 1. The van der Waals surface area contributed by atoms with Crippen LogP contribution in [0.3, 0.4) is 0 Å². The highest BCUT2D eigenvalue weighted by Crippen LogP contribution is 2.40. The predicted octanol–water partition coefficient (Wildman–Crippen LogP) is 4.85. The normalized spacial score (nSPS) is 17.7. The van der Waals surface area contributed by atoms with Gasteiger partial charge in [-0.25, -0.2) is 4.98 Å². The van der Waals surface area contributed by atoms with Crippen LogP contribution in [0.1, 0.15) is 53.7 Å². The summed E-state index contributed by atoms with van der Waals surface area (Å²) in [5.41, 5.74) is 3.33. The van der Waals surface area contributed by atoms with Crippen molar-refractivity contribution in [3.63, 3.8) is 0 Å². The number of amides is 1. The molecular weight excluding hydrogens is 304 g/mol. The smallest absolute Gasteiger partial charge is 0.257 e. The summed E-state index contributed by atoms with van der Waals surface area (Å²) in [6, 6.07) is 7.62. The van der Waals surface area contributed by atoms with E-state index in [4.69, 9.17) is 0 Å². The Morgan fingerprint density at radius 1 is 1.26 bits per heavy atom. The fourth-order valence-corrected chi connectivity index (χ4v) is 4.12. The molecule has 1 aromatic heterocycles. The number of nitrogens with zero attached hydrogens (tertiary/aromatic N) is 1. The molecule has 1 atom stereocenters. The molecule has 122 valence electrons. The molecule has 0 bridgehead atoms. The van der Waals surface area contributed by atoms with Crippen LogP contribution in [-0.4, -0.2) is 10.9 Å². The van der Waals surface area contributed by atoms with E-state index >= 15 is 0 Å². The summed E-state index contributed by atoms with van der Waals surface area (Å²) in [5, 5.41) is 3.69. The minimum absolute atomic E-state index is 0.0801. The molecule has 0 saturated carbocycles. The van der Waals surface area contributed by atoms with Crippen molar-refractivity contribution in [2.24, 2.45) is 11.3 Å². The summed E-state index contributed by atoms with van der Waals surface area (Å²) in [4.78, 5) is 18.3. The van der Waals surface area contributed by atoms with Gasteiger partial charge < -0.3 is 0 Å². The molecule has 1 N–H and O–H groups in total. The van der Waals surface area contributed by atoms with E-state index < -0.39 is 0 Å². The molecule has 1 aliphatic carbocycles. The van der Waals surface area contributed by atoms with Crippen LogP contribution in [-0.2, 0) is 12.8 Å². The molecule has 0 fully saturated rings. The van der Waals surface area contributed by atoms with E-state index in [0.717, 1.165) is 23.5 Å². The van der Waals surface area contributed by atoms with Gasteiger partial charge in [-0.15, -0.1) is 11.3 Å². The van der Waals surface area contributed by atoms with Crippen LogP contribution >= 0.6 is 11.3 Å². The SMILES string of the molecule is Cc1ccc(C(=O)Nc2nc3c(s2)C[C@H](C(C)(C)C)CC3)cc1. The lowest BCUT2D eigenvalue weighted by molar-refractivity contribution is 0.102. The molecule has 3 rings (SSSR count). The quantitative estimate of drug-likeness (QED) is 0.856. The summed E-state index contributed by atoms with van der Waals surface area (Å²) in [7, 11) is 0. The van der Waals surface area contributed by atoms with Crippen LogP contribution in [0.25, 0.3) is 0 Å². The molecule has 0 unspecified atom stereocenters. The Kier molecular flexibility index (Phi) is 4.28. The van der Waals surface area contributed by atoms with Crippen molar-refractivity contribution in [2.75, 3.05) is 5.32 Å². The van der Waals surface area contributed by atoms with Crippen molar-refractivity contribution in [2.45, 2.75) is 47.0 Å². The number of nitrogens with one attached hydrogen (secondary N) is 1. The van der Waals surface area contributed by atoms with Crippen LogP contribution in [0, 0.1) is 18.3 Å². The highest BCUT2D eigenvalue weighted by atomic mass is 32.1. The minimum Gasteiger partial charge on any atom is -0.298 e. The second kappa shape index (κ2) is 6.08. The Morgan fingerprint density at radius 2 is 1.96 bits per heavy atom. The van der Waals surface area contributed by atoms with Crippen LogP contribution < -0.4 is 5.32 Å². The van der Waals surface area contributed by atoms with Gasteiger partial charge in [-0.2, -0.15) is 0 Å². The molecule has 0 saturated heterocycles. The molecule has 1 aromatic carbocycles. The fourth-order valence-electron chi connectivity index (χ4n) is 3.04. The molecule has 23 heavy (non-hydrogen) atoms. The van der Waals surface area contributed by atoms with Gasteiger partial charge >= 0.3 is 0 Å². The Bertz CT molecular complexity index is 710. The second-order valence-electron chi connectivity index (χ2n) is 7.51. The Morgan fingerprint density at radius 3 is 2.61 bits per heavy atom. The van der Waals surface area contributed by atoms with Gasteiger partial charge in [0.15, 0.2) is 5.13 Å². The zero-order chi connectivity index (χ0) is 16.6. The summed E-state index contributed by atoms with van der Waals surface area (Å²) >= 11 is 1.64. The zero-order valence-corrected chi connectivity index (χ0v) is 15.1. The molecule has 4 heteroatoms. The highest BCUT2D eigenvalue weighted by molar-refractivity contribution is 7.15. The highest BCUT2D eigenvalue weighted by Gasteiger charge is 2.30. The first-order chi connectivity index (χ1) is 10.8. The van der Waals surface area contributed by atoms with Gasteiger partial charge in [-0.05, 0) is 49.7 Å². The van der Waals surface area contributed by atoms with Crippen LogP contribution in [0.4, 0.5) is 5.13 Å². The molecule has 0 aliphatic heterocycles. The number of hydrogen-bond donors (Lipinski definition) is 1. The maximum atomic E-state index is 12.3. The lowest BCUT2D eigenvalue weighted by atomic mass is 9.73. The van der Waals surface area contributed by atoms with Crippen molar-refractivity contribution in [1.29, 1.82) is 0 Å². The van der Waals surface area contributed by atoms with Crippen molar-refractivity contribution < 1.29 is 4.79 Å². The average molecular weight is 328 g/mol. The molecule has 2 aromatic rings. The Hall–Kier alpha value is -1.68. The molecule has 1 aliphatic rings. The lowest BCUT2D eigenvalue weighted by Gasteiger charge is -2.33. The van der Waals surface area contributed by atoms with Crippen LogP contribution in [0.15, 0.2) is 24.3 Å². The zero-order valence-electron chi connectivity index (χ0n) is 14.3. The summed E-state index contributed by atoms with van der Waals surface area (Å²) in [6.07, 6.45) is 3.29. The van der Waals surface area contributed by atoms with E-state index in [9.17, 15) is 4.79 Å². The van der Waals surface area contributed by atoms with Crippen molar-refractivity contribution in [3.8, 4) is 0 Å². The monoisotopic (exact) mass is 328 g/mol. The number of aryl methyl sites for hydroxylation is 2. The number of hydrogen-bond acceptors (Lipinski definition) is 3. The van der Waals surface area contributed by atoms with E-state index in [0.29, 0.717) is 16.9 Å². The van der Waals surface area contributed by atoms with Gasteiger partial charge in [0.05, 0.1) is 5.69 Å². The molecule has 1 heterocycles. The second-order valence-corrected chi connectivity index (χ2v) is 8.60. The Balaban J connectivity index is 1.72. The molecule has 0 spiro atoms. The number of fused-ring (bicyclic) bond motifs is 1. The first-order valence-corrected chi connectivity index (χ1v) is 9.01. The van der Waals surface area contributed by atoms with E-state index in [1.807, 2.05) is 31.2 Å². The van der Waals surface area contributed by atoms with Crippen LogP contribution in [0.2, 0.25) is 0 Å². The van der Waals surface area contributed by atoms with Crippen molar-refractivity contribution >= 4 is 22.4 Å². The van der Waals surface area contributed by atoms with Crippen LogP contribution in [0.5, 0.6) is 0 Å². The fraction of sp³-hybridized carbons (Fsp3) is 0.474. The molecule has 3 nitrogen and oxygen atoms in total. The van der Waals surface area contributed by atoms with Gasteiger partial charge in [-0.3, -0.25) is 10.1 Å². The number of benzene rings is 1. The first-order valence-electron chi connectivity index (χ1n) is 8.19. The number of rotatable bonds is 2. The minimum atomic E-state index is -0.0801. The van der Waals surface area contributed by atoms with E-state index in [-0.39, 0.29) is 5.91 Å². The summed E-state index contributed by atoms with van der Waals surface area (Å²) in [6.45, 7) is 8.94. The van der Waals surface area contributed by atoms with E-state index in [2.05, 4.69) is 31.1 Å². The van der Waals surface area contributed by atoms with E-state index in [1.165, 1.54) is 17.0 Å². The molecular formula is C19H24N2OS. The largest absolute Gasteiger partial charge is 0.298 e. The number of aromatic nitrogens is 1. The van der Waals surface area contributed by atoms with Gasteiger partial charge in [0.25, 0.3) is 5.91 Å². The number of anilines is 1. The molecule has 0 radical (unpaired) electrons. The van der Waals surface area contributed by atoms with E-state index in [1.54, 1.807) is 11.3 Å². The maximum Gasteiger partial charge on any atom is 0.257 e. The third-order valence-corrected chi connectivity index (χ3v) is 5.73. The van der Waals surface area contributed by atoms with Gasteiger partial charge in [0, 0.05) is 10.4 Å². The maximum absolute atomic E-state index is 12.3. The summed E-state index contributed by atoms with van der Waals surface area (Å²) in [5.74, 6) is 0.611. The summed E-state index contributed by atoms with van der Waals surface area (Å²) < 4.78 is 0. The number of carbonyl (C=O) groups excluding carboxylic acids is 1. The third-order valence-electron chi connectivity index (χ3n) is 4.70. The third kappa shape index (κ3) is 3.63. The van der Waals surface area contributed by atoms with Gasteiger partial charge in [0.1, 0.15) is 0 Å². The number of thiazole rings is 1. The lowest BCUT2D eigenvalue weighted by Crippen LogP contribution is -2.26. The standard InChI is InChI=1S/C19H24N2OS/c1-12-5-7-13(8-6-12)17(22)21-18-20-15-10-9-14(19(2,3)4)11-16(15)23-18/h5-8,14H,9-11H2,1-4H3,(H,20,21,22)/t14-/m1/s1. The van der Waals surface area contributed by atoms with Gasteiger partial charge in [-0.1, -0.05) is 38.5 Å². The first kappa shape index (κ1) is 16.2. The van der Waals surface area contributed by atoms with Crippen molar-refractivity contribution in [3.05, 3.63) is 46.0 Å². The average Bonchev–Trinajstić information content (AvgIpc) is 2.88. The molecule has 1 amide bonds. The topological polar surface area (TPSA) is 42.0 Å². The Labute approximate surface area is 142 Å².